The van der Waals surface area contributed by atoms with E-state index in [4.69, 9.17) is 5.73 Å². The summed E-state index contributed by atoms with van der Waals surface area (Å²) in [7, 11) is 3.63. The molecule has 0 aromatic carbocycles. The Hall–Kier alpha value is -2.31. The number of aromatic nitrogens is 4. The lowest BCUT2D eigenvalue weighted by Crippen LogP contribution is -2.28. The molecule has 0 saturated heterocycles. The quantitative estimate of drug-likeness (QED) is 0.812. The van der Waals surface area contributed by atoms with Gasteiger partial charge in [0.15, 0.2) is 0 Å². The highest BCUT2D eigenvalue weighted by molar-refractivity contribution is 5.97. The summed E-state index contributed by atoms with van der Waals surface area (Å²) in [6.07, 6.45) is 4.28. The molecule has 0 aliphatic carbocycles. The molecule has 1 amide bonds. The first-order chi connectivity index (χ1) is 9.00. The summed E-state index contributed by atoms with van der Waals surface area (Å²) < 4.78 is 3.43. The molecule has 3 N–H and O–H groups in total. The summed E-state index contributed by atoms with van der Waals surface area (Å²) in [4.78, 5) is 16.2. The minimum Gasteiger partial charge on any atom is -0.395 e. The third kappa shape index (κ3) is 2.59. The van der Waals surface area contributed by atoms with Crippen LogP contribution in [0.4, 0.5) is 5.69 Å². The van der Waals surface area contributed by atoms with Gasteiger partial charge in [0.2, 0.25) is 0 Å². The first-order valence-corrected chi connectivity index (χ1v) is 6.04. The highest BCUT2D eigenvalue weighted by Crippen LogP contribution is 2.14. The number of nitrogens with two attached hydrogens (primary N) is 1. The molecule has 2 aromatic rings. The van der Waals surface area contributed by atoms with Crippen LogP contribution >= 0.6 is 0 Å². The van der Waals surface area contributed by atoms with Crippen molar-refractivity contribution in [1.82, 2.24) is 24.6 Å². The minimum atomic E-state index is -0.213. The molecule has 7 heteroatoms. The van der Waals surface area contributed by atoms with E-state index in [0.29, 0.717) is 30.0 Å². The molecule has 0 aliphatic rings. The van der Waals surface area contributed by atoms with E-state index in [0.717, 1.165) is 5.82 Å². The molecular weight excluding hydrogens is 244 g/mol. The van der Waals surface area contributed by atoms with Gasteiger partial charge in [0.25, 0.3) is 5.91 Å². The van der Waals surface area contributed by atoms with Crippen molar-refractivity contribution in [1.29, 1.82) is 0 Å². The minimum absolute atomic E-state index is 0.213. The second-order valence-corrected chi connectivity index (χ2v) is 4.43. The summed E-state index contributed by atoms with van der Waals surface area (Å²) >= 11 is 0. The van der Waals surface area contributed by atoms with E-state index in [1.54, 1.807) is 20.2 Å². The van der Waals surface area contributed by atoms with Crippen molar-refractivity contribution in [3.63, 3.8) is 0 Å². The van der Waals surface area contributed by atoms with Crippen molar-refractivity contribution in [2.75, 3.05) is 12.3 Å². The van der Waals surface area contributed by atoms with Gasteiger partial charge in [-0.15, -0.1) is 0 Å². The SMILES string of the molecule is Cc1nn(C)c(C(=O)NCCc2nccn2C)c1N. The molecule has 0 atom stereocenters. The van der Waals surface area contributed by atoms with E-state index < -0.39 is 0 Å². The molecule has 102 valence electrons. The van der Waals surface area contributed by atoms with Gasteiger partial charge in [0.05, 0.1) is 11.4 Å². The molecule has 19 heavy (non-hydrogen) atoms. The second kappa shape index (κ2) is 5.13. The largest absolute Gasteiger partial charge is 0.395 e. The van der Waals surface area contributed by atoms with Crippen molar-refractivity contribution in [3.05, 3.63) is 29.6 Å². The van der Waals surface area contributed by atoms with Gasteiger partial charge in [0.1, 0.15) is 11.5 Å². The Labute approximate surface area is 111 Å². The zero-order valence-corrected chi connectivity index (χ0v) is 11.3. The van der Waals surface area contributed by atoms with Crippen LogP contribution in [0.1, 0.15) is 22.0 Å². The Kier molecular flexibility index (Phi) is 3.55. The molecule has 0 bridgehead atoms. The number of nitrogens with zero attached hydrogens (tertiary/aromatic N) is 4. The first-order valence-electron chi connectivity index (χ1n) is 6.04. The fourth-order valence-electron chi connectivity index (χ4n) is 1.95. The van der Waals surface area contributed by atoms with Crippen molar-refractivity contribution in [2.45, 2.75) is 13.3 Å². The summed E-state index contributed by atoms with van der Waals surface area (Å²) in [6.45, 7) is 2.29. The van der Waals surface area contributed by atoms with E-state index >= 15 is 0 Å². The maximum absolute atomic E-state index is 12.0. The molecule has 2 aromatic heterocycles. The Morgan fingerprint density at radius 2 is 2.21 bits per heavy atom. The molecule has 0 aliphatic heterocycles. The van der Waals surface area contributed by atoms with E-state index in [9.17, 15) is 4.79 Å². The number of hydrogen-bond acceptors (Lipinski definition) is 4. The van der Waals surface area contributed by atoms with E-state index in [2.05, 4.69) is 15.4 Å². The van der Waals surface area contributed by atoms with Crippen LogP contribution in [0.15, 0.2) is 12.4 Å². The number of nitrogens with one attached hydrogen (secondary N) is 1. The maximum atomic E-state index is 12.0. The van der Waals surface area contributed by atoms with E-state index in [1.807, 2.05) is 17.8 Å². The second-order valence-electron chi connectivity index (χ2n) is 4.43. The molecule has 0 saturated carbocycles. The monoisotopic (exact) mass is 262 g/mol. The third-order valence-electron chi connectivity index (χ3n) is 3.04. The van der Waals surface area contributed by atoms with Crippen LogP contribution in [0.3, 0.4) is 0 Å². The van der Waals surface area contributed by atoms with Crippen LogP contribution in [-0.4, -0.2) is 31.8 Å². The summed E-state index contributed by atoms with van der Waals surface area (Å²) in [5, 5.41) is 6.94. The van der Waals surface area contributed by atoms with Gasteiger partial charge in [-0.25, -0.2) is 4.98 Å². The van der Waals surface area contributed by atoms with Gasteiger partial charge >= 0.3 is 0 Å². The standard InChI is InChI=1S/C12H18N6O/c1-8-10(13)11(18(3)16-8)12(19)15-5-4-9-14-6-7-17(9)2/h6-7H,4-5,13H2,1-3H3,(H,15,19). The molecule has 2 rings (SSSR count). The molecule has 0 spiro atoms. The summed E-state index contributed by atoms with van der Waals surface area (Å²) in [6, 6.07) is 0. The molecule has 2 heterocycles. The molecule has 0 fully saturated rings. The Morgan fingerprint density at radius 3 is 2.74 bits per heavy atom. The number of amides is 1. The van der Waals surface area contributed by atoms with Gasteiger partial charge < -0.3 is 15.6 Å². The Bertz CT molecular complexity index is 597. The van der Waals surface area contributed by atoms with Crippen molar-refractivity contribution < 1.29 is 4.79 Å². The van der Waals surface area contributed by atoms with Gasteiger partial charge in [-0.3, -0.25) is 9.48 Å². The average Bonchev–Trinajstić information content (AvgIpc) is 2.85. The van der Waals surface area contributed by atoms with Crippen LogP contribution < -0.4 is 11.1 Å². The number of carbonyl (C=O) groups excluding carboxylic acids is 1. The molecule has 7 nitrogen and oxygen atoms in total. The zero-order chi connectivity index (χ0) is 14.0. The van der Waals surface area contributed by atoms with Crippen LogP contribution in [-0.2, 0) is 20.5 Å². The number of anilines is 1. The number of hydrogen-bond donors (Lipinski definition) is 2. The number of carbonyl (C=O) groups is 1. The smallest absolute Gasteiger partial charge is 0.271 e. The Morgan fingerprint density at radius 1 is 1.47 bits per heavy atom. The number of rotatable bonds is 4. The van der Waals surface area contributed by atoms with Crippen LogP contribution in [0.5, 0.6) is 0 Å². The lowest BCUT2D eigenvalue weighted by atomic mass is 10.3. The van der Waals surface area contributed by atoms with Gasteiger partial charge in [-0.05, 0) is 6.92 Å². The van der Waals surface area contributed by atoms with Crippen molar-refractivity contribution in [3.8, 4) is 0 Å². The maximum Gasteiger partial charge on any atom is 0.271 e. The zero-order valence-electron chi connectivity index (χ0n) is 11.3. The van der Waals surface area contributed by atoms with Gasteiger partial charge in [-0.1, -0.05) is 0 Å². The van der Waals surface area contributed by atoms with Crippen LogP contribution in [0.2, 0.25) is 0 Å². The fraction of sp³-hybridized carbons (Fsp3) is 0.417. The first kappa shape index (κ1) is 13.1. The van der Waals surface area contributed by atoms with Crippen LogP contribution in [0.25, 0.3) is 0 Å². The molecule has 0 radical (unpaired) electrons. The van der Waals surface area contributed by atoms with Gasteiger partial charge in [-0.2, -0.15) is 5.10 Å². The normalized spacial score (nSPS) is 10.7. The third-order valence-corrected chi connectivity index (χ3v) is 3.04. The molecule has 0 unspecified atom stereocenters. The number of aryl methyl sites for hydroxylation is 3. The Balaban J connectivity index is 1.97. The predicted molar refractivity (Wildman–Crippen MR) is 71.6 cm³/mol. The number of nitrogen functional groups attached to an aromatic ring is 1. The van der Waals surface area contributed by atoms with Gasteiger partial charge in [0, 0.05) is 39.5 Å². The van der Waals surface area contributed by atoms with E-state index in [-0.39, 0.29) is 5.91 Å². The lowest BCUT2D eigenvalue weighted by Gasteiger charge is -2.06. The highest BCUT2D eigenvalue weighted by atomic mass is 16.2. The summed E-state index contributed by atoms with van der Waals surface area (Å²) in [5.74, 6) is 0.712. The number of imidazole rings is 1. The van der Waals surface area contributed by atoms with E-state index in [1.165, 1.54) is 4.68 Å². The summed E-state index contributed by atoms with van der Waals surface area (Å²) in [5.41, 5.74) is 7.33. The fourth-order valence-corrected chi connectivity index (χ4v) is 1.95. The van der Waals surface area contributed by atoms with Crippen molar-refractivity contribution in [2.24, 2.45) is 14.1 Å². The van der Waals surface area contributed by atoms with Crippen molar-refractivity contribution >= 4 is 11.6 Å². The lowest BCUT2D eigenvalue weighted by molar-refractivity contribution is 0.0945. The molecular formula is C12H18N6O. The highest BCUT2D eigenvalue weighted by Gasteiger charge is 2.17. The predicted octanol–water partition coefficient (Wildman–Crippen LogP) is 0.0167. The average molecular weight is 262 g/mol. The topological polar surface area (TPSA) is 90.8 Å². The van der Waals surface area contributed by atoms with Crippen LogP contribution in [0, 0.1) is 6.92 Å².